The fourth-order valence-corrected chi connectivity index (χ4v) is 3.10. The fourth-order valence-electron chi connectivity index (χ4n) is 3.10. The summed E-state index contributed by atoms with van der Waals surface area (Å²) in [7, 11) is 0. The van der Waals surface area contributed by atoms with Gasteiger partial charge in [-0.3, -0.25) is 0 Å². The van der Waals surface area contributed by atoms with Crippen LogP contribution < -0.4 is 12.4 Å². The standard InChI is InChI=1S/C14H31N4.ClH/c1-5-16(6-2)14(15)18(7-3,8-4)17-12-10-9-11-13-17;/h15H,5-13H2,1-4H3;1H/q+1;/p-1. The molecule has 5 heteroatoms. The van der Waals surface area contributed by atoms with Gasteiger partial charge in [0.1, 0.15) is 13.1 Å². The van der Waals surface area contributed by atoms with Crippen molar-refractivity contribution in [2.24, 2.45) is 0 Å². The fraction of sp³-hybridized carbons (Fsp3) is 0.929. The second-order valence-electron chi connectivity index (χ2n) is 5.07. The maximum absolute atomic E-state index is 8.64. The van der Waals surface area contributed by atoms with E-state index in [1.807, 2.05) is 0 Å². The molecular weight excluding hydrogens is 260 g/mol. The highest BCUT2D eigenvalue weighted by molar-refractivity contribution is 5.69. The van der Waals surface area contributed by atoms with E-state index in [0.29, 0.717) is 0 Å². The van der Waals surface area contributed by atoms with Gasteiger partial charge in [-0.05, 0) is 40.5 Å². The van der Waals surface area contributed by atoms with Crippen LogP contribution in [0.15, 0.2) is 0 Å². The number of quaternary nitrogens is 1. The summed E-state index contributed by atoms with van der Waals surface area (Å²) in [6.45, 7) is 14.9. The van der Waals surface area contributed by atoms with Crippen molar-refractivity contribution in [1.29, 1.82) is 5.41 Å². The molecule has 1 saturated heterocycles. The minimum atomic E-state index is 0. The minimum absolute atomic E-state index is 0. The molecule has 0 aliphatic carbocycles. The van der Waals surface area contributed by atoms with Crippen molar-refractivity contribution in [1.82, 2.24) is 9.91 Å². The van der Waals surface area contributed by atoms with E-state index in [1.54, 1.807) is 0 Å². The molecule has 19 heavy (non-hydrogen) atoms. The van der Waals surface area contributed by atoms with Crippen LogP contribution in [-0.4, -0.2) is 59.7 Å². The van der Waals surface area contributed by atoms with Crippen LogP contribution in [0.1, 0.15) is 47.0 Å². The van der Waals surface area contributed by atoms with E-state index in [2.05, 4.69) is 37.6 Å². The van der Waals surface area contributed by atoms with Gasteiger partial charge >= 0.3 is 5.96 Å². The first-order valence-corrected chi connectivity index (χ1v) is 7.62. The lowest BCUT2D eigenvalue weighted by Crippen LogP contribution is -3.00. The zero-order chi connectivity index (χ0) is 13.6. The van der Waals surface area contributed by atoms with Crippen LogP contribution in [0.3, 0.4) is 0 Å². The molecule has 1 N–H and O–H groups in total. The molecule has 1 rings (SSSR count). The lowest BCUT2D eigenvalue weighted by atomic mass is 10.1. The first kappa shape index (κ1) is 18.7. The molecule has 0 aromatic rings. The van der Waals surface area contributed by atoms with Gasteiger partial charge in [-0.2, -0.15) is 4.59 Å². The van der Waals surface area contributed by atoms with Crippen molar-refractivity contribution in [2.45, 2.75) is 47.0 Å². The van der Waals surface area contributed by atoms with E-state index in [-0.39, 0.29) is 12.4 Å². The highest BCUT2D eigenvalue weighted by Gasteiger charge is 2.40. The van der Waals surface area contributed by atoms with Gasteiger partial charge in [-0.25, -0.2) is 5.41 Å². The Hall–Kier alpha value is -0.320. The summed E-state index contributed by atoms with van der Waals surface area (Å²) in [5, 5.41) is 11.2. The molecule has 1 heterocycles. The zero-order valence-corrected chi connectivity index (χ0v) is 13.8. The molecule has 0 radical (unpaired) electrons. The van der Waals surface area contributed by atoms with Gasteiger partial charge in [-0.1, -0.05) is 6.42 Å². The van der Waals surface area contributed by atoms with Crippen molar-refractivity contribution in [3.8, 4) is 0 Å². The molecule has 0 saturated carbocycles. The molecule has 0 unspecified atom stereocenters. The average Bonchev–Trinajstić information content (AvgIpc) is 2.43. The van der Waals surface area contributed by atoms with Gasteiger partial charge in [0, 0.05) is 26.2 Å². The maximum atomic E-state index is 8.64. The molecule has 0 amide bonds. The summed E-state index contributed by atoms with van der Waals surface area (Å²) < 4.78 is 0.738. The first-order valence-electron chi connectivity index (χ1n) is 7.62. The number of hydrogen-bond donors (Lipinski definition) is 1. The molecule has 0 atom stereocenters. The van der Waals surface area contributed by atoms with Crippen molar-refractivity contribution in [2.75, 3.05) is 39.3 Å². The van der Waals surface area contributed by atoms with Crippen molar-refractivity contribution in [3.05, 3.63) is 0 Å². The van der Waals surface area contributed by atoms with E-state index in [0.717, 1.165) is 49.8 Å². The van der Waals surface area contributed by atoms with Gasteiger partial charge in [0.25, 0.3) is 0 Å². The van der Waals surface area contributed by atoms with Gasteiger partial charge < -0.3 is 17.3 Å². The van der Waals surface area contributed by atoms with Crippen LogP contribution in [0.4, 0.5) is 0 Å². The monoisotopic (exact) mass is 290 g/mol. The Morgan fingerprint density at radius 1 is 1.00 bits per heavy atom. The molecule has 114 valence electrons. The predicted octanol–water partition coefficient (Wildman–Crippen LogP) is -0.476. The quantitative estimate of drug-likeness (QED) is 0.421. The number of nitrogens with one attached hydrogen (secondary N) is 1. The minimum Gasteiger partial charge on any atom is -1.00 e. The molecule has 0 spiro atoms. The van der Waals surface area contributed by atoms with Crippen molar-refractivity contribution >= 4 is 5.96 Å². The highest BCUT2D eigenvalue weighted by atomic mass is 35.5. The number of guanidine groups is 1. The van der Waals surface area contributed by atoms with Crippen LogP contribution in [0, 0.1) is 5.41 Å². The molecule has 1 aliphatic heterocycles. The van der Waals surface area contributed by atoms with Gasteiger partial charge in [0.05, 0.1) is 0 Å². The highest BCUT2D eigenvalue weighted by Crippen LogP contribution is 2.21. The molecule has 1 fully saturated rings. The second kappa shape index (κ2) is 8.77. The van der Waals surface area contributed by atoms with Crippen LogP contribution in [0.5, 0.6) is 0 Å². The lowest BCUT2D eigenvalue weighted by Gasteiger charge is -2.47. The third-order valence-corrected chi connectivity index (χ3v) is 4.38. The average molecular weight is 291 g/mol. The molecule has 4 nitrogen and oxygen atoms in total. The second-order valence-corrected chi connectivity index (χ2v) is 5.07. The Kier molecular flexibility index (Phi) is 8.62. The summed E-state index contributed by atoms with van der Waals surface area (Å²) in [6.07, 6.45) is 3.92. The largest absolute Gasteiger partial charge is 1.00 e. The number of hydrogen-bond acceptors (Lipinski definition) is 2. The first-order chi connectivity index (χ1) is 8.66. The third kappa shape index (κ3) is 3.83. The summed E-state index contributed by atoms with van der Waals surface area (Å²) in [5.74, 6) is 0.784. The van der Waals surface area contributed by atoms with E-state index in [1.165, 1.54) is 19.3 Å². The zero-order valence-electron chi connectivity index (χ0n) is 13.1. The normalized spacial score (nSPS) is 16.8. The summed E-state index contributed by atoms with van der Waals surface area (Å²) >= 11 is 0. The van der Waals surface area contributed by atoms with E-state index in [4.69, 9.17) is 5.41 Å². The van der Waals surface area contributed by atoms with E-state index < -0.39 is 0 Å². The van der Waals surface area contributed by atoms with Crippen LogP contribution >= 0.6 is 0 Å². The van der Waals surface area contributed by atoms with Gasteiger partial charge in [0.15, 0.2) is 0 Å². The van der Waals surface area contributed by atoms with Crippen molar-refractivity contribution < 1.29 is 17.0 Å². The van der Waals surface area contributed by atoms with E-state index in [9.17, 15) is 0 Å². The topological polar surface area (TPSA) is 30.3 Å². The van der Waals surface area contributed by atoms with Crippen LogP contribution in [0.25, 0.3) is 0 Å². The number of piperidine rings is 1. The summed E-state index contributed by atoms with van der Waals surface area (Å²) in [4.78, 5) is 2.20. The number of nitrogens with zero attached hydrogens (tertiary/aromatic N) is 3. The molecule has 0 bridgehead atoms. The van der Waals surface area contributed by atoms with Crippen LogP contribution in [0.2, 0.25) is 0 Å². The molecule has 0 aromatic carbocycles. The molecule has 0 aromatic heterocycles. The summed E-state index contributed by atoms with van der Waals surface area (Å²) in [5.41, 5.74) is 0. The Morgan fingerprint density at radius 3 is 1.84 bits per heavy atom. The SMILES string of the molecule is CCN(CC)C(=N)[N+](CC)(CC)N1CCCCC1.[Cl-]. The van der Waals surface area contributed by atoms with Gasteiger partial charge in [0.2, 0.25) is 0 Å². The molecule has 1 aliphatic rings. The Labute approximate surface area is 125 Å². The summed E-state index contributed by atoms with van der Waals surface area (Å²) in [6, 6.07) is 0. The molecular formula is C14H31ClN4. The Balaban J connectivity index is 0.00000324. The van der Waals surface area contributed by atoms with Gasteiger partial charge in [-0.15, -0.1) is 5.01 Å². The Bertz CT molecular complexity index is 256. The van der Waals surface area contributed by atoms with E-state index >= 15 is 0 Å². The number of rotatable bonds is 5. The smallest absolute Gasteiger partial charge is 0.317 e. The van der Waals surface area contributed by atoms with Crippen LogP contribution in [-0.2, 0) is 0 Å². The van der Waals surface area contributed by atoms with Crippen molar-refractivity contribution in [3.63, 3.8) is 0 Å². The third-order valence-electron chi connectivity index (χ3n) is 4.38. The Morgan fingerprint density at radius 2 is 1.47 bits per heavy atom. The maximum Gasteiger partial charge on any atom is 0.317 e. The number of halogens is 1. The lowest BCUT2D eigenvalue weighted by molar-refractivity contribution is -0.962. The predicted molar refractivity (Wildman–Crippen MR) is 77.4 cm³/mol.